The molecule has 0 aliphatic carbocycles. The van der Waals surface area contributed by atoms with Gasteiger partial charge in [0.25, 0.3) is 0 Å². The molecule has 0 saturated heterocycles. The highest BCUT2D eigenvalue weighted by Crippen LogP contribution is 2.19. The van der Waals surface area contributed by atoms with Crippen LogP contribution in [0.3, 0.4) is 0 Å². The maximum atomic E-state index is 11.6. The van der Waals surface area contributed by atoms with Crippen molar-refractivity contribution in [1.29, 1.82) is 0 Å². The molecule has 2 aromatic carbocycles. The molecule has 0 bridgehead atoms. The normalized spacial score (nSPS) is 10.5. The average Bonchev–Trinajstić information content (AvgIpc) is 3.05. The Morgan fingerprint density at radius 3 is 2.38 bits per heavy atom. The van der Waals surface area contributed by atoms with Crippen molar-refractivity contribution in [2.45, 2.75) is 13.3 Å². The molecule has 3 aromatic rings. The predicted octanol–water partition coefficient (Wildman–Crippen LogP) is 4.13. The van der Waals surface area contributed by atoms with Gasteiger partial charge in [0.05, 0.1) is 11.9 Å². The van der Waals surface area contributed by atoms with Crippen LogP contribution < -0.4 is 0 Å². The molecule has 3 heteroatoms. The van der Waals surface area contributed by atoms with Crippen LogP contribution in [-0.4, -0.2) is 15.6 Å². The second kappa shape index (κ2) is 5.75. The second-order valence-corrected chi connectivity index (χ2v) is 4.86. The summed E-state index contributed by atoms with van der Waals surface area (Å²) in [6.07, 6.45) is 4.37. The zero-order chi connectivity index (χ0) is 14.7. The fourth-order valence-electron chi connectivity index (χ4n) is 2.25. The number of ketones is 1. The first kappa shape index (κ1) is 13.3. The molecule has 21 heavy (non-hydrogen) atoms. The summed E-state index contributed by atoms with van der Waals surface area (Å²) in [6, 6.07) is 17.7. The Labute approximate surface area is 123 Å². The fraction of sp³-hybridized carbons (Fsp3) is 0.111. The molecule has 0 unspecified atom stereocenters. The largest absolute Gasteiger partial charge is 0.294 e. The maximum absolute atomic E-state index is 11.6. The van der Waals surface area contributed by atoms with Gasteiger partial charge in [-0.1, -0.05) is 37.3 Å². The average molecular weight is 276 g/mol. The predicted molar refractivity (Wildman–Crippen MR) is 83.6 cm³/mol. The first-order chi connectivity index (χ1) is 10.3. The number of carbonyl (C=O) groups is 1. The fourth-order valence-corrected chi connectivity index (χ4v) is 2.25. The lowest BCUT2D eigenvalue weighted by Crippen LogP contribution is -1.98. The van der Waals surface area contributed by atoms with E-state index in [1.807, 2.05) is 66.5 Å². The zero-order valence-corrected chi connectivity index (χ0v) is 11.9. The SMILES string of the molecule is CCC(=O)c1ccc(-n2cc(-c3ccccc3)cn2)cc1. The van der Waals surface area contributed by atoms with E-state index in [-0.39, 0.29) is 5.78 Å². The lowest BCUT2D eigenvalue weighted by Gasteiger charge is -2.03. The summed E-state index contributed by atoms with van der Waals surface area (Å²) < 4.78 is 1.82. The van der Waals surface area contributed by atoms with Gasteiger partial charge < -0.3 is 0 Å². The smallest absolute Gasteiger partial charge is 0.162 e. The molecule has 0 radical (unpaired) electrons. The molecular formula is C18H16N2O. The Morgan fingerprint density at radius 2 is 1.71 bits per heavy atom. The van der Waals surface area contributed by atoms with E-state index >= 15 is 0 Å². The topological polar surface area (TPSA) is 34.9 Å². The van der Waals surface area contributed by atoms with Gasteiger partial charge in [-0.25, -0.2) is 4.68 Å². The molecule has 3 nitrogen and oxygen atoms in total. The molecule has 0 atom stereocenters. The van der Waals surface area contributed by atoms with Crippen molar-refractivity contribution in [2.75, 3.05) is 0 Å². The molecule has 0 saturated carbocycles. The van der Waals surface area contributed by atoms with Gasteiger partial charge in [0.15, 0.2) is 5.78 Å². The Hall–Kier alpha value is -2.68. The summed E-state index contributed by atoms with van der Waals surface area (Å²) in [7, 11) is 0. The highest BCUT2D eigenvalue weighted by molar-refractivity contribution is 5.95. The lowest BCUT2D eigenvalue weighted by atomic mass is 10.1. The molecule has 1 aromatic heterocycles. The molecule has 0 amide bonds. The van der Waals surface area contributed by atoms with E-state index in [2.05, 4.69) is 17.2 Å². The quantitative estimate of drug-likeness (QED) is 0.671. The number of nitrogens with zero attached hydrogens (tertiary/aromatic N) is 2. The number of aromatic nitrogens is 2. The zero-order valence-electron chi connectivity index (χ0n) is 11.9. The molecular weight excluding hydrogens is 260 g/mol. The van der Waals surface area contributed by atoms with E-state index in [0.29, 0.717) is 6.42 Å². The first-order valence-electron chi connectivity index (χ1n) is 7.01. The maximum Gasteiger partial charge on any atom is 0.162 e. The summed E-state index contributed by atoms with van der Waals surface area (Å²) in [4.78, 5) is 11.6. The minimum Gasteiger partial charge on any atom is -0.294 e. The van der Waals surface area contributed by atoms with Crippen molar-refractivity contribution >= 4 is 5.78 Å². The number of hydrogen-bond donors (Lipinski definition) is 0. The van der Waals surface area contributed by atoms with Crippen molar-refractivity contribution in [3.8, 4) is 16.8 Å². The van der Waals surface area contributed by atoms with Gasteiger partial charge >= 0.3 is 0 Å². The number of Topliss-reactive ketones (excluding diaryl/α,β-unsaturated/α-hetero) is 1. The van der Waals surface area contributed by atoms with E-state index in [4.69, 9.17) is 0 Å². The highest BCUT2D eigenvalue weighted by atomic mass is 16.1. The number of benzene rings is 2. The molecule has 104 valence electrons. The molecule has 0 aliphatic rings. The van der Waals surface area contributed by atoms with Crippen LogP contribution in [0.2, 0.25) is 0 Å². The van der Waals surface area contributed by atoms with Gasteiger partial charge in [0, 0.05) is 23.7 Å². The van der Waals surface area contributed by atoms with E-state index < -0.39 is 0 Å². The van der Waals surface area contributed by atoms with Gasteiger partial charge in [-0.15, -0.1) is 0 Å². The molecule has 0 N–H and O–H groups in total. The Morgan fingerprint density at radius 1 is 1.00 bits per heavy atom. The summed E-state index contributed by atoms with van der Waals surface area (Å²) in [5, 5.41) is 4.39. The third-order valence-electron chi connectivity index (χ3n) is 3.46. The van der Waals surface area contributed by atoms with Crippen LogP contribution in [0, 0.1) is 0 Å². The van der Waals surface area contributed by atoms with Crippen molar-refractivity contribution < 1.29 is 4.79 Å². The van der Waals surface area contributed by atoms with Crippen LogP contribution in [0.1, 0.15) is 23.7 Å². The summed E-state index contributed by atoms with van der Waals surface area (Å²) in [5.74, 6) is 0.159. The van der Waals surface area contributed by atoms with Crippen molar-refractivity contribution in [3.05, 3.63) is 72.6 Å². The Kier molecular flexibility index (Phi) is 3.65. The lowest BCUT2D eigenvalue weighted by molar-refractivity contribution is 0.0988. The second-order valence-electron chi connectivity index (χ2n) is 4.86. The van der Waals surface area contributed by atoms with Gasteiger partial charge in [-0.05, 0) is 29.8 Å². The third-order valence-corrected chi connectivity index (χ3v) is 3.46. The highest BCUT2D eigenvalue weighted by Gasteiger charge is 2.05. The van der Waals surface area contributed by atoms with Crippen LogP contribution in [-0.2, 0) is 0 Å². The minimum absolute atomic E-state index is 0.159. The monoisotopic (exact) mass is 276 g/mol. The molecule has 0 spiro atoms. The Balaban J connectivity index is 1.88. The Bertz CT molecular complexity index is 742. The van der Waals surface area contributed by atoms with Crippen LogP contribution in [0.5, 0.6) is 0 Å². The third kappa shape index (κ3) is 2.77. The van der Waals surface area contributed by atoms with Crippen molar-refractivity contribution in [3.63, 3.8) is 0 Å². The molecule has 1 heterocycles. The standard InChI is InChI=1S/C18H16N2O/c1-2-18(21)15-8-10-17(11-9-15)20-13-16(12-19-20)14-6-4-3-5-7-14/h3-13H,2H2,1H3. The molecule has 0 fully saturated rings. The van der Waals surface area contributed by atoms with Gasteiger partial charge in [0.2, 0.25) is 0 Å². The molecule has 3 rings (SSSR count). The summed E-state index contributed by atoms with van der Waals surface area (Å²) >= 11 is 0. The van der Waals surface area contributed by atoms with Crippen LogP contribution in [0.4, 0.5) is 0 Å². The summed E-state index contributed by atoms with van der Waals surface area (Å²) in [6.45, 7) is 1.87. The number of rotatable bonds is 4. The first-order valence-corrected chi connectivity index (χ1v) is 7.01. The summed E-state index contributed by atoms with van der Waals surface area (Å²) in [5.41, 5.74) is 3.91. The van der Waals surface area contributed by atoms with E-state index in [1.54, 1.807) is 0 Å². The van der Waals surface area contributed by atoms with Crippen LogP contribution in [0.25, 0.3) is 16.8 Å². The number of carbonyl (C=O) groups excluding carboxylic acids is 1. The van der Waals surface area contributed by atoms with E-state index in [9.17, 15) is 4.79 Å². The van der Waals surface area contributed by atoms with Crippen LogP contribution >= 0.6 is 0 Å². The van der Waals surface area contributed by atoms with Gasteiger partial charge in [-0.2, -0.15) is 5.10 Å². The number of hydrogen-bond acceptors (Lipinski definition) is 2. The van der Waals surface area contributed by atoms with Crippen molar-refractivity contribution in [1.82, 2.24) is 9.78 Å². The van der Waals surface area contributed by atoms with Gasteiger partial charge in [-0.3, -0.25) is 4.79 Å². The van der Waals surface area contributed by atoms with Crippen molar-refractivity contribution in [2.24, 2.45) is 0 Å². The van der Waals surface area contributed by atoms with E-state index in [0.717, 1.165) is 22.4 Å². The van der Waals surface area contributed by atoms with Crippen LogP contribution in [0.15, 0.2) is 67.0 Å². The van der Waals surface area contributed by atoms with E-state index in [1.165, 1.54) is 0 Å². The minimum atomic E-state index is 0.159. The molecule has 0 aliphatic heterocycles. The van der Waals surface area contributed by atoms with Gasteiger partial charge in [0.1, 0.15) is 0 Å².